The summed E-state index contributed by atoms with van der Waals surface area (Å²) >= 11 is 0. The summed E-state index contributed by atoms with van der Waals surface area (Å²) < 4.78 is 39.6. The van der Waals surface area contributed by atoms with Crippen LogP contribution in [0.5, 0.6) is 17.2 Å². The highest BCUT2D eigenvalue weighted by Crippen LogP contribution is 2.39. The molecule has 0 saturated carbocycles. The first-order valence-corrected chi connectivity index (χ1v) is 7.75. The van der Waals surface area contributed by atoms with Crippen molar-refractivity contribution in [2.75, 3.05) is 20.8 Å². The number of nitrogens with two attached hydrogens (primary N) is 1. The zero-order valence-corrected chi connectivity index (χ0v) is 14.4. The highest BCUT2D eigenvalue weighted by atomic mass is 19.3. The molecular weight excluding hydrogens is 346 g/mol. The van der Waals surface area contributed by atoms with Crippen LogP contribution in [-0.4, -0.2) is 33.3 Å². The van der Waals surface area contributed by atoms with E-state index in [1.165, 1.54) is 26.4 Å². The third-order valence-electron chi connectivity index (χ3n) is 3.64. The fourth-order valence-electron chi connectivity index (χ4n) is 2.34. The Kier molecular flexibility index (Phi) is 6.74. The van der Waals surface area contributed by atoms with Crippen molar-refractivity contribution in [3.63, 3.8) is 0 Å². The molecule has 2 rings (SSSR count). The van der Waals surface area contributed by atoms with Gasteiger partial charge < -0.3 is 25.3 Å². The SMILES string of the molecule is COc1cc(C(=O)NCC(N)c2ccccc2)cc(OC)c1OC(F)F. The van der Waals surface area contributed by atoms with E-state index in [1.807, 2.05) is 30.3 Å². The number of methoxy groups -OCH3 is 2. The molecule has 140 valence electrons. The van der Waals surface area contributed by atoms with Crippen molar-refractivity contribution >= 4 is 5.91 Å². The van der Waals surface area contributed by atoms with Crippen LogP contribution in [-0.2, 0) is 0 Å². The molecule has 0 aromatic heterocycles. The van der Waals surface area contributed by atoms with Crippen LogP contribution >= 0.6 is 0 Å². The summed E-state index contributed by atoms with van der Waals surface area (Å²) in [6.07, 6.45) is 0. The Morgan fingerprint density at radius 1 is 1.12 bits per heavy atom. The number of rotatable bonds is 8. The predicted molar refractivity (Wildman–Crippen MR) is 91.9 cm³/mol. The van der Waals surface area contributed by atoms with Gasteiger partial charge in [-0.1, -0.05) is 30.3 Å². The molecule has 1 amide bonds. The molecule has 0 radical (unpaired) electrons. The number of hydrogen-bond acceptors (Lipinski definition) is 5. The zero-order chi connectivity index (χ0) is 19.1. The lowest BCUT2D eigenvalue weighted by Gasteiger charge is -2.16. The summed E-state index contributed by atoms with van der Waals surface area (Å²) in [5.41, 5.74) is 7.09. The van der Waals surface area contributed by atoms with Crippen LogP contribution < -0.4 is 25.3 Å². The van der Waals surface area contributed by atoms with Crippen LogP contribution in [0.25, 0.3) is 0 Å². The van der Waals surface area contributed by atoms with E-state index in [1.54, 1.807) is 0 Å². The van der Waals surface area contributed by atoms with Crippen molar-refractivity contribution in [1.82, 2.24) is 5.32 Å². The smallest absolute Gasteiger partial charge is 0.387 e. The van der Waals surface area contributed by atoms with Crippen molar-refractivity contribution in [2.24, 2.45) is 5.73 Å². The number of benzene rings is 2. The molecule has 2 aromatic rings. The third kappa shape index (κ3) is 4.82. The quantitative estimate of drug-likeness (QED) is 0.751. The van der Waals surface area contributed by atoms with E-state index in [9.17, 15) is 13.6 Å². The summed E-state index contributed by atoms with van der Waals surface area (Å²) in [5, 5.41) is 2.70. The van der Waals surface area contributed by atoms with E-state index in [2.05, 4.69) is 10.1 Å². The van der Waals surface area contributed by atoms with Crippen LogP contribution in [0.3, 0.4) is 0 Å². The summed E-state index contributed by atoms with van der Waals surface area (Å²) in [5.74, 6) is -0.802. The molecule has 26 heavy (non-hydrogen) atoms. The fourth-order valence-corrected chi connectivity index (χ4v) is 2.34. The molecular formula is C18H20F2N2O4. The summed E-state index contributed by atoms with van der Waals surface area (Å²) in [4.78, 5) is 12.4. The first-order chi connectivity index (χ1) is 12.5. The molecule has 0 aliphatic carbocycles. The summed E-state index contributed by atoms with van der Waals surface area (Å²) in [6, 6.07) is 11.5. The Morgan fingerprint density at radius 3 is 2.19 bits per heavy atom. The van der Waals surface area contributed by atoms with Crippen molar-refractivity contribution < 1.29 is 27.8 Å². The highest BCUT2D eigenvalue weighted by Gasteiger charge is 2.20. The minimum absolute atomic E-state index is 0.0397. The number of hydrogen-bond donors (Lipinski definition) is 2. The second kappa shape index (κ2) is 9.00. The van der Waals surface area contributed by atoms with Crippen molar-refractivity contribution in [3.8, 4) is 17.2 Å². The van der Waals surface area contributed by atoms with Gasteiger partial charge in [-0.25, -0.2) is 0 Å². The fraction of sp³-hybridized carbons (Fsp3) is 0.278. The molecule has 0 spiro atoms. The topological polar surface area (TPSA) is 82.8 Å². The van der Waals surface area contributed by atoms with Crippen molar-refractivity contribution in [3.05, 3.63) is 53.6 Å². The van der Waals surface area contributed by atoms with Crippen molar-refractivity contribution in [2.45, 2.75) is 12.7 Å². The van der Waals surface area contributed by atoms with E-state index in [0.717, 1.165) is 5.56 Å². The first-order valence-electron chi connectivity index (χ1n) is 7.75. The molecule has 0 saturated heterocycles. The minimum atomic E-state index is -3.05. The summed E-state index contributed by atoms with van der Waals surface area (Å²) in [6.45, 7) is -2.86. The van der Waals surface area contributed by atoms with Crippen LogP contribution in [0.1, 0.15) is 22.0 Å². The van der Waals surface area contributed by atoms with Crippen molar-refractivity contribution in [1.29, 1.82) is 0 Å². The maximum absolute atomic E-state index is 12.6. The second-order valence-electron chi connectivity index (χ2n) is 5.32. The molecule has 0 heterocycles. The maximum Gasteiger partial charge on any atom is 0.387 e. The van der Waals surface area contributed by atoms with E-state index in [4.69, 9.17) is 15.2 Å². The van der Waals surface area contributed by atoms with Gasteiger partial charge in [0.1, 0.15) is 0 Å². The Morgan fingerprint density at radius 2 is 1.69 bits per heavy atom. The third-order valence-corrected chi connectivity index (χ3v) is 3.64. The molecule has 1 unspecified atom stereocenters. The number of nitrogens with one attached hydrogen (secondary N) is 1. The van der Waals surface area contributed by atoms with E-state index >= 15 is 0 Å². The number of carbonyl (C=O) groups excluding carboxylic acids is 1. The van der Waals surface area contributed by atoms with Gasteiger partial charge in [0.05, 0.1) is 14.2 Å². The Balaban J connectivity index is 2.15. The number of alkyl halides is 2. The van der Waals surface area contributed by atoms with E-state index < -0.39 is 12.5 Å². The van der Waals surface area contributed by atoms with Gasteiger partial charge in [0.2, 0.25) is 5.75 Å². The molecule has 6 nitrogen and oxygen atoms in total. The van der Waals surface area contributed by atoms with Gasteiger partial charge in [0.15, 0.2) is 11.5 Å². The first kappa shape index (κ1) is 19.5. The molecule has 0 aliphatic rings. The van der Waals surface area contributed by atoms with Crippen LogP contribution in [0, 0.1) is 0 Å². The average Bonchev–Trinajstić information content (AvgIpc) is 2.66. The second-order valence-corrected chi connectivity index (χ2v) is 5.32. The predicted octanol–water partition coefficient (Wildman–Crippen LogP) is 2.74. The van der Waals surface area contributed by atoms with Crippen LogP contribution in [0.2, 0.25) is 0 Å². The van der Waals surface area contributed by atoms with Gasteiger partial charge in [0, 0.05) is 18.2 Å². The Labute approximate surface area is 149 Å². The molecule has 0 aliphatic heterocycles. The van der Waals surface area contributed by atoms with Gasteiger partial charge >= 0.3 is 6.61 Å². The lowest BCUT2D eigenvalue weighted by Crippen LogP contribution is -2.31. The van der Waals surface area contributed by atoms with Gasteiger partial charge in [-0.3, -0.25) is 4.79 Å². The van der Waals surface area contributed by atoms with Gasteiger partial charge in [-0.05, 0) is 17.7 Å². The van der Waals surface area contributed by atoms with Crippen LogP contribution in [0.15, 0.2) is 42.5 Å². The van der Waals surface area contributed by atoms with Crippen LogP contribution in [0.4, 0.5) is 8.78 Å². The number of amides is 1. The molecule has 0 bridgehead atoms. The molecule has 3 N–H and O–H groups in total. The Bertz CT molecular complexity index is 716. The minimum Gasteiger partial charge on any atom is -0.493 e. The molecule has 1 atom stereocenters. The lowest BCUT2D eigenvalue weighted by molar-refractivity contribution is -0.0526. The van der Waals surface area contributed by atoms with E-state index in [-0.39, 0.29) is 35.4 Å². The largest absolute Gasteiger partial charge is 0.493 e. The number of halogens is 2. The number of carbonyl (C=O) groups is 1. The maximum atomic E-state index is 12.6. The van der Waals surface area contributed by atoms with Gasteiger partial charge in [-0.2, -0.15) is 8.78 Å². The molecule has 8 heteroatoms. The van der Waals surface area contributed by atoms with Gasteiger partial charge in [0.25, 0.3) is 5.91 Å². The molecule has 0 fully saturated rings. The highest BCUT2D eigenvalue weighted by molar-refractivity contribution is 5.95. The normalized spacial score (nSPS) is 11.8. The Hall–Kier alpha value is -2.87. The monoisotopic (exact) mass is 366 g/mol. The number of ether oxygens (including phenoxy) is 3. The van der Waals surface area contributed by atoms with Gasteiger partial charge in [-0.15, -0.1) is 0 Å². The van der Waals surface area contributed by atoms with E-state index in [0.29, 0.717) is 0 Å². The zero-order valence-electron chi connectivity index (χ0n) is 14.4. The average molecular weight is 366 g/mol. The lowest BCUT2D eigenvalue weighted by atomic mass is 10.1. The summed E-state index contributed by atoms with van der Waals surface area (Å²) in [7, 11) is 2.56. The molecule has 2 aromatic carbocycles. The standard InChI is InChI=1S/C18H20F2N2O4/c1-24-14-8-12(9-15(25-2)16(14)26-18(19)20)17(23)22-10-13(21)11-6-4-3-5-7-11/h3-9,13,18H,10,21H2,1-2H3,(H,22,23).